The van der Waals surface area contributed by atoms with E-state index in [1.807, 2.05) is 0 Å². The fraction of sp³-hybridized carbons (Fsp3) is 0.438. The van der Waals surface area contributed by atoms with Gasteiger partial charge in [-0.15, -0.1) is 0 Å². The maximum atomic E-state index is 11.8. The maximum absolute atomic E-state index is 11.8. The van der Waals surface area contributed by atoms with E-state index in [1.165, 1.54) is 12.1 Å². The molecule has 2 aromatic rings. The summed E-state index contributed by atoms with van der Waals surface area (Å²) in [5, 5.41) is 39.6. The number of β-amino-alcohol motifs (C(OH)–C–C–N with tert-alkyl or cyclic N) is 2. The van der Waals surface area contributed by atoms with Gasteiger partial charge in [0.15, 0.2) is 0 Å². The molecule has 1 aliphatic heterocycles. The molecule has 0 aliphatic carbocycles. The van der Waals surface area contributed by atoms with Crippen molar-refractivity contribution >= 4 is 11.0 Å². The molecular weight excluding hydrogens is 302 g/mol. The van der Waals surface area contributed by atoms with Crippen LogP contribution in [0.5, 0.6) is 5.75 Å². The predicted molar refractivity (Wildman–Crippen MR) is 82.2 cm³/mol. The molecule has 7 nitrogen and oxygen atoms in total. The number of benzene rings is 1. The molecule has 0 saturated carbocycles. The first-order valence-electron chi connectivity index (χ1n) is 7.38. The van der Waals surface area contributed by atoms with Gasteiger partial charge in [0.25, 0.3) is 0 Å². The van der Waals surface area contributed by atoms with Gasteiger partial charge in [0, 0.05) is 36.7 Å². The Bertz CT molecular complexity index is 774. The minimum Gasteiger partial charge on any atom is -0.508 e. The van der Waals surface area contributed by atoms with Gasteiger partial charge in [-0.1, -0.05) is 0 Å². The molecule has 1 aliphatic rings. The van der Waals surface area contributed by atoms with E-state index in [2.05, 4.69) is 0 Å². The Kier molecular flexibility index (Phi) is 4.11. The molecule has 1 saturated heterocycles. The highest BCUT2D eigenvalue weighted by molar-refractivity contribution is 5.84. The number of hydrogen-bond acceptors (Lipinski definition) is 7. The van der Waals surface area contributed by atoms with E-state index in [0.29, 0.717) is 28.6 Å². The number of piperidine rings is 1. The van der Waals surface area contributed by atoms with Crippen LogP contribution < -0.4 is 5.63 Å². The lowest BCUT2D eigenvalue weighted by Gasteiger charge is -2.36. The summed E-state index contributed by atoms with van der Waals surface area (Å²) in [6, 6.07) is 4.56. The quantitative estimate of drug-likeness (QED) is 0.562. The number of rotatable bonds is 2. The third-order valence-corrected chi connectivity index (χ3v) is 4.29. The van der Waals surface area contributed by atoms with Crippen molar-refractivity contribution < 1.29 is 24.8 Å². The Morgan fingerprint density at radius 2 is 1.87 bits per heavy atom. The van der Waals surface area contributed by atoms with Crippen LogP contribution in [0, 0.1) is 6.92 Å². The molecule has 1 aromatic heterocycles. The Hall–Kier alpha value is -1.93. The Morgan fingerprint density at radius 1 is 1.22 bits per heavy atom. The number of phenolic OH excluding ortho intramolecular Hbond substituents is 1. The number of aliphatic hydroxyl groups excluding tert-OH is 3. The zero-order chi connectivity index (χ0) is 16.7. The third-order valence-electron chi connectivity index (χ3n) is 4.29. The van der Waals surface area contributed by atoms with Gasteiger partial charge in [0.1, 0.15) is 17.4 Å². The molecule has 7 heteroatoms. The fourth-order valence-electron chi connectivity index (χ4n) is 2.99. The van der Waals surface area contributed by atoms with Crippen molar-refractivity contribution in [3.05, 3.63) is 39.7 Å². The van der Waals surface area contributed by atoms with Gasteiger partial charge in [-0.3, -0.25) is 4.90 Å². The first-order valence-corrected chi connectivity index (χ1v) is 7.38. The van der Waals surface area contributed by atoms with Crippen LogP contribution in [0.25, 0.3) is 11.0 Å². The molecule has 0 amide bonds. The molecule has 23 heavy (non-hydrogen) atoms. The van der Waals surface area contributed by atoms with E-state index >= 15 is 0 Å². The van der Waals surface area contributed by atoms with Crippen LogP contribution >= 0.6 is 0 Å². The van der Waals surface area contributed by atoms with Crippen LogP contribution in [0.2, 0.25) is 0 Å². The summed E-state index contributed by atoms with van der Waals surface area (Å²) in [6.07, 6.45) is -3.25. The number of fused-ring (bicyclic) bond motifs is 1. The number of hydrogen-bond donors (Lipinski definition) is 4. The fourth-order valence-corrected chi connectivity index (χ4v) is 2.99. The Labute approximate surface area is 132 Å². The molecule has 1 aromatic carbocycles. The second-order valence-electron chi connectivity index (χ2n) is 6.00. The average Bonchev–Trinajstić information content (AvgIpc) is 2.49. The van der Waals surface area contributed by atoms with Crippen LogP contribution in [-0.4, -0.2) is 56.7 Å². The van der Waals surface area contributed by atoms with Crippen LogP contribution in [0.1, 0.15) is 11.1 Å². The summed E-state index contributed by atoms with van der Waals surface area (Å²) >= 11 is 0. The summed E-state index contributed by atoms with van der Waals surface area (Å²) < 4.78 is 5.19. The largest absolute Gasteiger partial charge is 0.508 e. The SMILES string of the molecule is Cc1c(O)ccc2c(CN3C[C@@H](O)C(O)[C@@H](O)C3)cc(=O)oc12. The minimum atomic E-state index is -1.16. The summed E-state index contributed by atoms with van der Waals surface area (Å²) in [6.45, 7) is 2.36. The van der Waals surface area contributed by atoms with Crippen molar-refractivity contribution in [3.8, 4) is 5.75 Å². The van der Waals surface area contributed by atoms with Gasteiger partial charge < -0.3 is 24.8 Å². The van der Waals surface area contributed by atoms with Gasteiger partial charge in [0.05, 0.1) is 12.2 Å². The second-order valence-corrected chi connectivity index (χ2v) is 6.00. The molecule has 2 heterocycles. The van der Waals surface area contributed by atoms with E-state index in [-0.39, 0.29) is 18.8 Å². The number of aromatic hydroxyl groups is 1. The van der Waals surface area contributed by atoms with E-state index in [0.717, 1.165) is 0 Å². The van der Waals surface area contributed by atoms with Crippen molar-refractivity contribution in [2.75, 3.05) is 13.1 Å². The zero-order valence-electron chi connectivity index (χ0n) is 12.6. The highest BCUT2D eigenvalue weighted by Gasteiger charge is 2.33. The molecule has 124 valence electrons. The normalized spacial score (nSPS) is 25.8. The highest BCUT2D eigenvalue weighted by Crippen LogP contribution is 2.28. The number of aliphatic hydroxyl groups is 3. The van der Waals surface area contributed by atoms with E-state index < -0.39 is 23.9 Å². The molecule has 3 rings (SSSR count). The Morgan fingerprint density at radius 3 is 2.52 bits per heavy atom. The summed E-state index contributed by atoms with van der Waals surface area (Å²) in [5.41, 5.74) is 0.954. The number of phenols is 1. The summed E-state index contributed by atoms with van der Waals surface area (Å²) in [5.74, 6) is 0.0461. The molecule has 3 atom stereocenters. The van der Waals surface area contributed by atoms with Gasteiger partial charge in [-0.05, 0) is 24.6 Å². The van der Waals surface area contributed by atoms with E-state index in [4.69, 9.17) is 4.42 Å². The predicted octanol–water partition coefficient (Wildman–Crippen LogP) is -0.295. The molecule has 0 spiro atoms. The van der Waals surface area contributed by atoms with Gasteiger partial charge in [-0.2, -0.15) is 0 Å². The minimum absolute atomic E-state index is 0.0461. The van der Waals surface area contributed by atoms with Crippen LogP contribution in [0.15, 0.2) is 27.4 Å². The van der Waals surface area contributed by atoms with Crippen LogP contribution in [-0.2, 0) is 6.54 Å². The standard InChI is InChI=1S/C16H19NO6/c1-8-11(18)3-2-10-9(4-14(21)23-16(8)10)5-17-6-12(19)15(22)13(20)7-17/h2-4,12-13,15,18-20,22H,5-7H2,1H3/t12-,13+,15?. The zero-order valence-corrected chi connectivity index (χ0v) is 12.6. The average molecular weight is 321 g/mol. The molecular formula is C16H19NO6. The number of nitrogens with zero attached hydrogens (tertiary/aromatic N) is 1. The lowest BCUT2D eigenvalue weighted by Crippen LogP contribution is -2.54. The van der Waals surface area contributed by atoms with Gasteiger partial charge in [0.2, 0.25) is 0 Å². The smallest absolute Gasteiger partial charge is 0.336 e. The summed E-state index contributed by atoms with van der Waals surface area (Å²) in [7, 11) is 0. The molecule has 1 unspecified atom stereocenters. The molecule has 0 radical (unpaired) electrons. The lowest BCUT2D eigenvalue weighted by atomic mass is 10.0. The number of likely N-dealkylation sites (tertiary alicyclic amines) is 1. The molecule has 1 fully saturated rings. The number of aryl methyl sites for hydroxylation is 1. The first kappa shape index (κ1) is 15.9. The van der Waals surface area contributed by atoms with Crippen molar-refractivity contribution in [3.63, 3.8) is 0 Å². The summed E-state index contributed by atoms with van der Waals surface area (Å²) in [4.78, 5) is 13.5. The molecule has 0 bridgehead atoms. The monoisotopic (exact) mass is 321 g/mol. The van der Waals surface area contributed by atoms with Crippen molar-refractivity contribution in [2.45, 2.75) is 31.8 Å². The van der Waals surface area contributed by atoms with Crippen molar-refractivity contribution in [2.24, 2.45) is 0 Å². The Balaban J connectivity index is 1.97. The van der Waals surface area contributed by atoms with Crippen molar-refractivity contribution in [1.82, 2.24) is 4.90 Å². The second kappa shape index (κ2) is 5.93. The topological polar surface area (TPSA) is 114 Å². The van der Waals surface area contributed by atoms with Gasteiger partial charge >= 0.3 is 5.63 Å². The molecule has 4 N–H and O–H groups in total. The van der Waals surface area contributed by atoms with E-state index in [1.54, 1.807) is 17.9 Å². The first-order chi connectivity index (χ1) is 10.9. The van der Waals surface area contributed by atoms with Crippen LogP contribution in [0.3, 0.4) is 0 Å². The van der Waals surface area contributed by atoms with Crippen LogP contribution in [0.4, 0.5) is 0 Å². The van der Waals surface area contributed by atoms with Crippen molar-refractivity contribution in [1.29, 1.82) is 0 Å². The highest BCUT2D eigenvalue weighted by atomic mass is 16.4. The third kappa shape index (κ3) is 2.96. The lowest BCUT2D eigenvalue weighted by molar-refractivity contribution is -0.111. The maximum Gasteiger partial charge on any atom is 0.336 e. The van der Waals surface area contributed by atoms with E-state index in [9.17, 15) is 25.2 Å². The van der Waals surface area contributed by atoms with Gasteiger partial charge in [-0.25, -0.2) is 4.79 Å².